The van der Waals surface area contributed by atoms with Crippen LogP contribution < -0.4 is 10.0 Å². The van der Waals surface area contributed by atoms with Gasteiger partial charge in [0.05, 0.1) is 20.9 Å². The molecule has 0 spiro atoms. The maximum absolute atomic E-state index is 12.1. The third-order valence-corrected chi connectivity index (χ3v) is 6.07. The van der Waals surface area contributed by atoms with Crippen LogP contribution in [0.25, 0.3) is 0 Å². The van der Waals surface area contributed by atoms with E-state index in [9.17, 15) is 8.42 Å². The molecule has 0 aromatic heterocycles. The molecule has 1 atom stereocenters. The lowest BCUT2D eigenvalue weighted by atomic mass is 10.0. The van der Waals surface area contributed by atoms with Crippen LogP contribution in [0, 0.1) is 0 Å². The van der Waals surface area contributed by atoms with Gasteiger partial charge in [-0.05, 0) is 53.9 Å². The standard InChI is InChI=1S/C13H18BrClN2O2S/c14-13-11(15)5-3-6-12(13)17-20(18,19)9-7-10-4-1-2-8-16-10/h3,5-6,10,16-17H,1-2,4,7-9H2. The van der Waals surface area contributed by atoms with Gasteiger partial charge in [-0.25, -0.2) is 8.42 Å². The van der Waals surface area contributed by atoms with Gasteiger partial charge in [0.2, 0.25) is 10.0 Å². The Balaban J connectivity index is 1.94. The van der Waals surface area contributed by atoms with E-state index >= 15 is 0 Å². The Morgan fingerprint density at radius 1 is 1.40 bits per heavy atom. The van der Waals surface area contributed by atoms with E-state index < -0.39 is 10.0 Å². The van der Waals surface area contributed by atoms with E-state index in [0.29, 0.717) is 27.6 Å². The monoisotopic (exact) mass is 380 g/mol. The Bertz CT molecular complexity index is 559. The van der Waals surface area contributed by atoms with Crippen molar-refractivity contribution in [1.82, 2.24) is 5.32 Å². The Labute approximate surface area is 133 Å². The van der Waals surface area contributed by atoms with Gasteiger partial charge in [-0.3, -0.25) is 4.72 Å². The first kappa shape index (κ1) is 16.1. The molecular weight excluding hydrogens is 364 g/mol. The molecule has 0 amide bonds. The third-order valence-electron chi connectivity index (χ3n) is 3.36. The molecule has 1 aliphatic heterocycles. The summed E-state index contributed by atoms with van der Waals surface area (Å²) in [7, 11) is -3.35. The number of rotatable bonds is 5. The first-order valence-electron chi connectivity index (χ1n) is 6.66. The molecule has 0 saturated carbocycles. The van der Waals surface area contributed by atoms with Crippen LogP contribution in [-0.4, -0.2) is 26.8 Å². The SMILES string of the molecule is O=S(=O)(CCC1CCCCN1)Nc1cccc(Cl)c1Br. The van der Waals surface area contributed by atoms with Crippen LogP contribution in [-0.2, 0) is 10.0 Å². The summed E-state index contributed by atoms with van der Waals surface area (Å²) in [6, 6.07) is 5.41. The normalized spacial score (nSPS) is 19.8. The number of hydrogen-bond acceptors (Lipinski definition) is 3. The van der Waals surface area contributed by atoms with Crippen molar-refractivity contribution in [3.8, 4) is 0 Å². The van der Waals surface area contributed by atoms with Crippen molar-refractivity contribution in [2.75, 3.05) is 17.0 Å². The largest absolute Gasteiger partial charge is 0.314 e. The Hall–Kier alpha value is -0.300. The van der Waals surface area contributed by atoms with Gasteiger partial charge in [0.25, 0.3) is 0 Å². The van der Waals surface area contributed by atoms with Gasteiger partial charge in [-0.2, -0.15) is 0 Å². The van der Waals surface area contributed by atoms with Crippen molar-refractivity contribution in [2.45, 2.75) is 31.7 Å². The molecule has 1 saturated heterocycles. The van der Waals surface area contributed by atoms with Crippen LogP contribution in [0.1, 0.15) is 25.7 Å². The van der Waals surface area contributed by atoms with Gasteiger partial charge in [0.1, 0.15) is 0 Å². The minimum atomic E-state index is -3.35. The molecule has 0 bridgehead atoms. The molecule has 1 unspecified atom stereocenters. The van der Waals surface area contributed by atoms with Crippen LogP contribution in [0.3, 0.4) is 0 Å². The van der Waals surface area contributed by atoms with Crippen molar-refractivity contribution in [2.24, 2.45) is 0 Å². The number of nitrogens with one attached hydrogen (secondary N) is 2. The molecule has 0 aliphatic carbocycles. The highest BCUT2D eigenvalue weighted by Gasteiger charge is 2.18. The van der Waals surface area contributed by atoms with Crippen molar-refractivity contribution in [1.29, 1.82) is 0 Å². The van der Waals surface area contributed by atoms with Crippen molar-refractivity contribution in [3.05, 3.63) is 27.7 Å². The summed E-state index contributed by atoms with van der Waals surface area (Å²) in [4.78, 5) is 0. The Morgan fingerprint density at radius 3 is 2.90 bits per heavy atom. The van der Waals surface area contributed by atoms with Gasteiger partial charge in [0.15, 0.2) is 0 Å². The van der Waals surface area contributed by atoms with E-state index in [1.165, 1.54) is 12.8 Å². The molecule has 1 aromatic carbocycles. The van der Waals surface area contributed by atoms with E-state index in [1.807, 2.05) is 0 Å². The highest BCUT2D eigenvalue weighted by atomic mass is 79.9. The number of hydrogen-bond donors (Lipinski definition) is 2. The average molecular weight is 382 g/mol. The molecule has 2 rings (SSSR count). The van der Waals surface area contributed by atoms with E-state index in [4.69, 9.17) is 11.6 Å². The second-order valence-electron chi connectivity index (χ2n) is 4.96. The third kappa shape index (κ3) is 4.62. The predicted octanol–water partition coefficient (Wildman–Crippen LogP) is 3.38. The van der Waals surface area contributed by atoms with Gasteiger partial charge in [-0.1, -0.05) is 24.1 Å². The predicted molar refractivity (Wildman–Crippen MR) is 86.8 cm³/mol. The zero-order valence-corrected chi connectivity index (χ0v) is 14.2. The fourth-order valence-corrected chi connectivity index (χ4v) is 4.14. The van der Waals surface area contributed by atoms with E-state index in [1.54, 1.807) is 18.2 Å². The first-order chi connectivity index (χ1) is 9.48. The van der Waals surface area contributed by atoms with Crippen LogP contribution in [0.2, 0.25) is 5.02 Å². The van der Waals surface area contributed by atoms with Crippen molar-refractivity contribution in [3.63, 3.8) is 0 Å². The molecule has 1 aliphatic rings. The quantitative estimate of drug-likeness (QED) is 0.822. The fraction of sp³-hybridized carbons (Fsp3) is 0.538. The lowest BCUT2D eigenvalue weighted by Gasteiger charge is -2.23. The summed E-state index contributed by atoms with van der Waals surface area (Å²) in [5.74, 6) is 0.115. The highest BCUT2D eigenvalue weighted by Crippen LogP contribution is 2.30. The molecule has 4 nitrogen and oxygen atoms in total. The van der Waals surface area contributed by atoms with E-state index in [2.05, 4.69) is 26.0 Å². The zero-order valence-electron chi connectivity index (χ0n) is 11.0. The summed E-state index contributed by atoms with van der Waals surface area (Å²) < 4.78 is 27.4. The van der Waals surface area contributed by atoms with E-state index in [0.717, 1.165) is 13.0 Å². The van der Waals surface area contributed by atoms with Crippen molar-refractivity contribution < 1.29 is 8.42 Å². The maximum atomic E-state index is 12.1. The zero-order chi connectivity index (χ0) is 14.6. The summed E-state index contributed by atoms with van der Waals surface area (Å²) in [5, 5.41) is 3.84. The van der Waals surface area contributed by atoms with Crippen LogP contribution in [0.5, 0.6) is 0 Å². The number of benzene rings is 1. The lowest BCUT2D eigenvalue weighted by molar-refractivity contribution is 0.393. The minimum Gasteiger partial charge on any atom is -0.314 e. The Kier molecular flexibility index (Phi) is 5.72. The average Bonchev–Trinajstić information content (AvgIpc) is 2.43. The number of sulfonamides is 1. The number of anilines is 1. The Morgan fingerprint density at radius 2 is 2.20 bits per heavy atom. The van der Waals surface area contributed by atoms with Crippen LogP contribution >= 0.6 is 27.5 Å². The van der Waals surface area contributed by atoms with Gasteiger partial charge >= 0.3 is 0 Å². The topological polar surface area (TPSA) is 58.2 Å². The van der Waals surface area contributed by atoms with Gasteiger partial charge < -0.3 is 5.32 Å². The molecular formula is C13H18BrClN2O2S. The second-order valence-corrected chi connectivity index (χ2v) is 8.00. The summed E-state index contributed by atoms with van der Waals surface area (Å²) in [5.41, 5.74) is 0.481. The van der Waals surface area contributed by atoms with Crippen molar-refractivity contribution >= 4 is 43.2 Å². The van der Waals surface area contributed by atoms with Crippen LogP contribution in [0.4, 0.5) is 5.69 Å². The molecule has 2 N–H and O–H groups in total. The summed E-state index contributed by atoms with van der Waals surface area (Å²) in [6.07, 6.45) is 4.03. The molecule has 1 heterocycles. The molecule has 112 valence electrons. The fourth-order valence-electron chi connectivity index (χ4n) is 2.27. The summed E-state index contributed by atoms with van der Waals surface area (Å²) in [6.45, 7) is 0.984. The highest BCUT2D eigenvalue weighted by molar-refractivity contribution is 9.10. The molecule has 1 aromatic rings. The molecule has 0 radical (unpaired) electrons. The second kappa shape index (κ2) is 7.11. The molecule has 7 heteroatoms. The number of halogens is 2. The van der Waals surface area contributed by atoms with E-state index in [-0.39, 0.29) is 5.75 Å². The molecule has 20 heavy (non-hydrogen) atoms. The summed E-state index contributed by atoms with van der Waals surface area (Å²) >= 11 is 9.24. The number of piperidine rings is 1. The van der Waals surface area contributed by atoms with Gasteiger partial charge in [-0.15, -0.1) is 0 Å². The minimum absolute atomic E-state index is 0.115. The first-order valence-corrected chi connectivity index (χ1v) is 9.48. The van der Waals surface area contributed by atoms with Gasteiger partial charge in [0, 0.05) is 6.04 Å². The lowest BCUT2D eigenvalue weighted by Crippen LogP contribution is -2.36. The molecule has 1 fully saturated rings. The smallest absolute Gasteiger partial charge is 0.232 e. The van der Waals surface area contributed by atoms with Crippen LogP contribution in [0.15, 0.2) is 22.7 Å². The maximum Gasteiger partial charge on any atom is 0.232 e.